The average Bonchev–Trinajstić information content (AvgIpc) is 3.10. The standard InChI is InChI=1S/C16H25N3O/c20-13-15-11-19(12-16-5-1-2-6-17-16)10-14(15)9-18-7-3-4-8-18/h1-2,5-6,14-15,20H,3-4,7-13H2/t14-,15-/m1/s1. The Labute approximate surface area is 121 Å². The maximum atomic E-state index is 9.63. The molecule has 0 saturated carbocycles. The van der Waals surface area contributed by atoms with Crippen LogP contribution in [0.1, 0.15) is 18.5 Å². The Morgan fingerprint density at radius 2 is 1.90 bits per heavy atom. The van der Waals surface area contributed by atoms with E-state index in [9.17, 15) is 5.11 Å². The van der Waals surface area contributed by atoms with Crippen molar-refractivity contribution >= 4 is 0 Å². The third kappa shape index (κ3) is 3.37. The maximum absolute atomic E-state index is 9.63. The van der Waals surface area contributed by atoms with Crippen molar-refractivity contribution in [1.82, 2.24) is 14.8 Å². The van der Waals surface area contributed by atoms with E-state index in [1.807, 2.05) is 18.3 Å². The molecule has 4 heteroatoms. The molecule has 0 amide bonds. The molecular formula is C16H25N3O. The van der Waals surface area contributed by atoms with Crippen LogP contribution in [0.4, 0.5) is 0 Å². The minimum atomic E-state index is 0.317. The van der Waals surface area contributed by atoms with Gasteiger partial charge in [0.1, 0.15) is 0 Å². The van der Waals surface area contributed by atoms with Crippen molar-refractivity contribution < 1.29 is 5.11 Å². The number of hydrogen-bond acceptors (Lipinski definition) is 4. The highest BCUT2D eigenvalue weighted by atomic mass is 16.3. The Morgan fingerprint density at radius 3 is 2.60 bits per heavy atom. The van der Waals surface area contributed by atoms with Gasteiger partial charge in [-0.05, 0) is 49.9 Å². The third-order valence-electron chi connectivity index (χ3n) is 4.69. The summed E-state index contributed by atoms with van der Waals surface area (Å²) >= 11 is 0. The molecule has 4 nitrogen and oxygen atoms in total. The smallest absolute Gasteiger partial charge is 0.0543 e. The van der Waals surface area contributed by atoms with Crippen molar-refractivity contribution in [2.45, 2.75) is 19.4 Å². The highest BCUT2D eigenvalue weighted by Crippen LogP contribution is 2.26. The molecule has 2 atom stereocenters. The van der Waals surface area contributed by atoms with Gasteiger partial charge in [-0.15, -0.1) is 0 Å². The van der Waals surface area contributed by atoms with Gasteiger partial charge in [0.15, 0.2) is 0 Å². The second-order valence-corrected chi connectivity index (χ2v) is 6.23. The Kier molecular flexibility index (Phi) is 4.65. The number of rotatable bonds is 5. The molecule has 110 valence electrons. The van der Waals surface area contributed by atoms with Crippen molar-refractivity contribution in [1.29, 1.82) is 0 Å². The normalized spacial score (nSPS) is 28.2. The molecular weight excluding hydrogens is 250 g/mol. The van der Waals surface area contributed by atoms with Gasteiger partial charge in [0.25, 0.3) is 0 Å². The van der Waals surface area contributed by atoms with E-state index in [2.05, 4.69) is 20.9 Å². The zero-order chi connectivity index (χ0) is 13.8. The topological polar surface area (TPSA) is 39.6 Å². The molecule has 0 radical (unpaired) electrons. The van der Waals surface area contributed by atoms with E-state index in [-0.39, 0.29) is 0 Å². The first-order valence-corrected chi connectivity index (χ1v) is 7.80. The van der Waals surface area contributed by atoms with Crippen molar-refractivity contribution in [3.8, 4) is 0 Å². The fourth-order valence-corrected chi connectivity index (χ4v) is 3.60. The van der Waals surface area contributed by atoms with Gasteiger partial charge >= 0.3 is 0 Å². The summed E-state index contributed by atoms with van der Waals surface area (Å²) in [7, 11) is 0. The summed E-state index contributed by atoms with van der Waals surface area (Å²) in [6.07, 6.45) is 4.54. The zero-order valence-corrected chi connectivity index (χ0v) is 12.1. The molecule has 2 aliphatic heterocycles. The van der Waals surface area contributed by atoms with E-state index in [0.717, 1.165) is 31.9 Å². The zero-order valence-electron chi connectivity index (χ0n) is 12.1. The predicted octanol–water partition coefficient (Wildman–Crippen LogP) is 1.22. The molecule has 3 heterocycles. The lowest BCUT2D eigenvalue weighted by Crippen LogP contribution is -2.31. The Morgan fingerprint density at radius 1 is 1.10 bits per heavy atom. The first kappa shape index (κ1) is 14.0. The lowest BCUT2D eigenvalue weighted by Gasteiger charge is -2.23. The number of pyridine rings is 1. The SMILES string of the molecule is OC[C@H]1CN(Cc2ccccn2)C[C@H]1CN1CCCC1. The summed E-state index contributed by atoms with van der Waals surface area (Å²) in [5.74, 6) is 1.04. The second kappa shape index (κ2) is 6.66. The van der Waals surface area contributed by atoms with Crippen molar-refractivity contribution in [3.63, 3.8) is 0 Å². The molecule has 0 spiro atoms. The molecule has 0 aliphatic carbocycles. The van der Waals surface area contributed by atoms with E-state index in [1.165, 1.54) is 25.9 Å². The summed E-state index contributed by atoms with van der Waals surface area (Å²) < 4.78 is 0. The number of likely N-dealkylation sites (tertiary alicyclic amines) is 2. The fourth-order valence-electron chi connectivity index (χ4n) is 3.60. The van der Waals surface area contributed by atoms with Crippen molar-refractivity contribution in [2.24, 2.45) is 11.8 Å². The van der Waals surface area contributed by atoms with Gasteiger partial charge in [-0.3, -0.25) is 9.88 Å². The molecule has 0 aromatic carbocycles. The first-order valence-electron chi connectivity index (χ1n) is 7.80. The van der Waals surface area contributed by atoms with Crippen LogP contribution in [0.25, 0.3) is 0 Å². The van der Waals surface area contributed by atoms with Crippen LogP contribution in [-0.2, 0) is 6.54 Å². The maximum Gasteiger partial charge on any atom is 0.0543 e. The minimum absolute atomic E-state index is 0.317. The first-order chi connectivity index (χ1) is 9.85. The number of aliphatic hydroxyl groups is 1. The summed E-state index contributed by atoms with van der Waals surface area (Å²) in [6, 6.07) is 6.09. The fraction of sp³-hybridized carbons (Fsp3) is 0.688. The second-order valence-electron chi connectivity index (χ2n) is 6.23. The Balaban J connectivity index is 1.56. The van der Waals surface area contributed by atoms with Crippen LogP contribution in [0.2, 0.25) is 0 Å². The van der Waals surface area contributed by atoms with Gasteiger partial charge < -0.3 is 10.0 Å². The summed E-state index contributed by atoms with van der Waals surface area (Å²) in [6.45, 7) is 6.97. The van der Waals surface area contributed by atoms with Crippen LogP contribution in [-0.4, -0.2) is 59.2 Å². The summed E-state index contributed by atoms with van der Waals surface area (Å²) in [5.41, 5.74) is 1.13. The molecule has 1 aromatic rings. The summed E-state index contributed by atoms with van der Waals surface area (Å²) in [4.78, 5) is 9.42. The molecule has 0 bridgehead atoms. The van der Waals surface area contributed by atoms with E-state index in [4.69, 9.17) is 0 Å². The molecule has 0 unspecified atom stereocenters. The number of aromatic nitrogens is 1. The molecule has 1 N–H and O–H groups in total. The van der Waals surface area contributed by atoms with Crippen LogP contribution < -0.4 is 0 Å². The highest BCUT2D eigenvalue weighted by molar-refractivity contribution is 5.04. The molecule has 2 fully saturated rings. The molecule has 2 aliphatic rings. The van der Waals surface area contributed by atoms with Crippen LogP contribution in [0, 0.1) is 11.8 Å². The number of hydrogen-bond donors (Lipinski definition) is 1. The van der Waals surface area contributed by atoms with Gasteiger partial charge in [0.05, 0.1) is 5.69 Å². The lowest BCUT2D eigenvalue weighted by molar-refractivity contribution is 0.175. The van der Waals surface area contributed by atoms with Gasteiger partial charge in [0, 0.05) is 39.0 Å². The van der Waals surface area contributed by atoms with Crippen molar-refractivity contribution in [3.05, 3.63) is 30.1 Å². The van der Waals surface area contributed by atoms with Gasteiger partial charge in [-0.2, -0.15) is 0 Å². The van der Waals surface area contributed by atoms with E-state index >= 15 is 0 Å². The van der Waals surface area contributed by atoms with E-state index < -0.39 is 0 Å². The average molecular weight is 275 g/mol. The molecule has 2 saturated heterocycles. The third-order valence-corrected chi connectivity index (χ3v) is 4.69. The van der Waals surface area contributed by atoms with Gasteiger partial charge in [-0.1, -0.05) is 6.07 Å². The van der Waals surface area contributed by atoms with E-state index in [1.54, 1.807) is 0 Å². The highest BCUT2D eigenvalue weighted by Gasteiger charge is 2.33. The Hall–Kier alpha value is -0.970. The monoisotopic (exact) mass is 275 g/mol. The number of nitrogens with zero attached hydrogens (tertiary/aromatic N) is 3. The summed E-state index contributed by atoms with van der Waals surface area (Å²) in [5, 5.41) is 9.63. The lowest BCUT2D eigenvalue weighted by atomic mass is 9.96. The van der Waals surface area contributed by atoms with Crippen LogP contribution in [0.15, 0.2) is 24.4 Å². The van der Waals surface area contributed by atoms with E-state index in [0.29, 0.717) is 18.4 Å². The van der Waals surface area contributed by atoms with Crippen LogP contribution in [0.5, 0.6) is 0 Å². The quantitative estimate of drug-likeness (QED) is 0.877. The van der Waals surface area contributed by atoms with Crippen molar-refractivity contribution in [2.75, 3.05) is 39.3 Å². The number of aliphatic hydroxyl groups excluding tert-OH is 1. The largest absolute Gasteiger partial charge is 0.396 e. The van der Waals surface area contributed by atoms with Crippen LogP contribution in [0.3, 0.4) is 0 Å². The molecule has 3 rings (SSSR count). The van der Waals surface area contributed by atoms with Gasteiger partial charge in [-0.25, -0.2) is 0 Å². The Bertz CT molecular complexity index is 405. The predicted molar refractivity (Wildman–Crippen MR) is 79.3 cm³/mol. The molecule has 20 heavy (non-hydrogen) atoms. The van der Waals surface area contributed by atoms with Gasteiger partial charge in [0.2, 0.25) is 0 Å². The van der Waals surface area contributed by atoms with Crippen LogP contribution >= 0.6 is 0 Å². The molecule has 1 aromatic heterocycles. The minimum Gasteiger partial charge on any atom is -0.396 e.